The molecule has 1 saturated carbocycles. The molecule has 0 aromatic heterocycles. The molecule has 2 rings (SSSR count). The van der Waals surface area contributed by atoms with Gasteiger partial charge in [0.25, 0.3) is 0 Å². The predicted octanol–water partition coefficient (Wildman–Crippen LogP) is 1.66. The van der Waals surface area contributed by atoms with Gasteiger partial charge in [-0.3, -0.25) is 4.90 Å². The Hall–Kier alpha value is -0.160. The number of hydrogen-bond acceptors (Lipinski definition) is 4. The van der Waals surface area contributed by atoms with Gasteiger partial charge in [0, 0.05) is 19.7 Å². The lowest BCUT2D eigenvalue weighted by Crippen LogP contribution is -2.41. The van der Waals surface area contributed by atoms with Gasteiger partial charge in [-0.2, -0.15) is 0 Å². The van der Waals surface area contributed by atoms with E-state index in [-0.39, 0.29) is 12.2 Å². The molecule has 2 fully saturated rings. The monoisotopic (exact) mass is 271 g/mol. The van der Waals surface area contributed by atoms with Crippen molar-refractivity contribution in [3.63, 3.8) is 0 Å². The summed E-state index contributed by atoms with van der Waals surface area (Å²) >= 11 is 0. The summed E-state index contributed by atoms with van der Waals surface area (Å²) in [5.41, 5.74) is 0. The van der Waals surface area contributed by atoms with Crippen LogP contribution in [0.3, 0.4) is 0 Å². The Morgan fingerprint density at radius 1 is 1.21 bits per heavy atom. The third-order valence-electron chi connectivity index (χ3n) is 4.54. The average molecular weight is 271 g/mol. The zero-order valence-electron chi connectivity index (χ0n) is 12.4. The number of hydrogen-bond donors (Lipinski definition) is 1. The molecule has 0 bridgehead atoms. The lowest BCUT2D eigenvalue weighted by molar-refractivity contribution is -0.0418. The molecule has 4 atom stereocenters. The predicted molar refractivity (Wildman–Crippen MR) is 75.2 cm³/mol. The Morgan fingerprint density at radius 2 is 2.00 bits per heavy atom. The minimum Gasteiger partial charge on any atom is -0.389 e. The lowest BCUT2D eigenvalue weighted by Gasteiger charge is -2.32. The quantitative estimate of drug-likeness (QED) is 0.765. The Morgan fingerprint density at radius 3 is 2.79 bits per heavy atom. The Labute approximate surface area is 117 Å². The summed E-state index contributed by atoms with van der Waals surface area (Å²) in [4.78, 5) is 2.48. The Kier molecular flexibility index (Phi) is 6.07. The number of β-amino-alcohol motifs (C(OH)–C–C–N with tert-alkyl or cyclic N) is 1. The summed E-state index contributed by atoms with van der Waals surface area (Å²) in [6.45, 7) is 4.89. The first-order valence-electron chi connectivity index (χ1n) is 7.73. The molecule has 1 N–H and O–H groups in total. The number of rotatable bonds is 7. The van der Waals surface area contributed by atoms with Crippen molar-refractivity contribution in [2.24, 2.45) is 5.92 Å². The molecular weight excluding hydrogens is 242 g/mol. The van der Waals surface area contributed by atoms with E-state index in [9.17, 15) is 5.11 Å². The molecule has 0 aromatic rings. The zero-order chi connectivity index (χ0) is 13.7. The second kappa shape index (κ2) is 7.58. The van der Waals surface area contributed by atoms with Crippen molar-refractivity contribution >= 4 is 0 Å². The van der Waals surface area contributed by atoms with Crippen molar-refractivity contribution in [3.8, 4) is 0 Å². The highest BCUT2D eigenvalue weighted by Crippen LogP contribution is 2.35. The van der Waals surface area contributed by atoms with Crippen molar-refractivity contribution < 1.29 is 14.6 Å². The van der Waals surface area contributed by atoms with E-state index >= 15 is 0 Å². The van der Waals surface area contributed by atoms with Gasteiger partial charge in [0.15, 0.2) is 0 Å². The molecule has 0 spiro atoms. The van der Waals surface area contributed by atoms with Gasteiger partial charge < -0.3 is 14.6 Å². The van der Waals surface area contributed by atoms with E-state index in [1.807, 2.05) is 6.92 Å². The first-order valence-corrected chi connectivity index (χ1v) is 7.73. The Bertz CT molecular complexity index is 262. The fourth-order valence-corrected chi connectivity index (χ4v) is 3.61. The number of aliphatic hydroxyl groups excluding tert-OH is 1. The maximum Gasteiger partial charge on any atom is 0.0900 e. The van der Waals surface area contributed by atoms with Crippen LogP contribution in [0.5, 0.6) is 0 Å². The molecular formula is C15H29NO3. The van der Waals surface area contributed by atoms with Crippen LogP contribution in [-0.2, 0) is 9.47 Å². The molecule has 0 aromatic carbocycles. The van der Waals surface area contributed by atoms with Gasteiger partial charge in [0.1, 0.15) is 0 Å². The highest BCUT2D eigenvalue weighted by atomic mass is 16.5. The van der Waals surface area contributed by atoms with Gasteiger partial charge in [0.05, 0.1) is 25.4 Å². The van der Waals surface area contributed by atoms with Crippen LogP contribution in [0.15, 0.2) is 0 Å². The van der Waals surface area contributed by atoms with Gasteiger partial charge in [-0.1, -0.05) is 12.8 Å². The van der Waals surface area contributed by atoms with Crippen molar-refractivity contribution in [1.29, 1.82) is 0 Å². The van der Waals surface area contributed by atoms with E-state index in [1.165, 1.54) is 32.1 Å². The van der Waals surface area contributed by atoms with Gasteiger partial charge in [-0.25, -0.2) is 0 Å². The van der Waals surface area contributed by atoms with Crippen LogP contribution in [0.25, 0.3) is 0 Å². The molecule has 4 nitrogen and oxygen atoms in total. The maximum absolute atomic E-state index is 10.1. The van der Waals surface area contributed by atoms with E-state index in [0.717, 1.165) is 25.0 Å². The fraction of sp³-hybridized carbons (Fsp3) is 1.00. The maximum atomic E-state index is 10.1. The van der Waals surface area contributed by atoms with Crippen LogP contribution in [-0.4, -0.2) is 61.7 Å². The minimum absolute atomic E-state index is 0.0562. The van der Waals surface area contributed by atoms with Gasteiger partial charge in [0.2, 0.25) is 0 Å². The van der Waals surface area contributed by atoms with Gasteiger partial charge in [-0.15, -0.1) is 0 Å². The smallest absolute Gasteiger partial charge is 0.0900 e. The van der Waals surface area contributed by atoms with Crippen molar-refractivity contribution in [1.82, 2.24) is 4.90 Å². The molecule has 1 aliphatic carbocycles. The van der Waals surface area contributed by atoms with E-state index in [1.54, 1.807) is 7.11 Å². The summed E-state index contributed by atoms with van der Waals surface area (Å²) in [6, 6.07) is 0.722. The van der Waals surface area contributed by atoms with Gasteiger partial charge >= 0.3 is 0 Å². The van der Waals surface area contributed by atoms with E-state index in [2.05, 4.69) is 4.90 Å². The zero-order valence-corrected chi connectivity index (χ0v) is 12.4. The molecule has 112 valence electrons. The van der Waals surface area contributed by atoms with Crippen LogP contribution < -0.4 is 0 Å². The SMILES string of the molecule is COCC(C)OCC(O)CN1CCC2CCCCC21. The van der Waals surface area contributed by atoms with Crippen LogP contribution in [0, 0.1) is 5.92 Å². The minimum atomic E-state index is -0.375. The first kappa shape index (κ1) is 15.2. The van der Waals surface area contributed by atoms with Crippen LogP contribution in [0.2, 0.25) is 0 Å². The summed E-state index contributed by atoms with van der Waals surface area (Å²) < 4.78 is 10.6. The number of nitrogens with zero attached hydrogens (tertiary/aromatic N) is 1. The molecule has 1 aliphatic heterocycles. The standard InChI is InChI=1S/C15H29NO3/c1-12(10-18-2)19-11-14(17)9-16-8-7-13-5-3-4-6-15(13)16/h12-15,17H,3-11H2,1-2H3. The molecule has 19 heavy (non-hydrogen) atoms. The van der Waals surface area contributed by atoms with E-state index < -0.39 is 0 Å². The normalized spacial score (nSPS) is 31.1. The number of likely N-dealkylation sites (tertiary alicyclic amines) is 1. The lowest BCUT2D eigenvalue weighted by atomic mass is 9.85. The van der Waals surface area contributed by atoms with Crippen molar-refractivity contribution in [2.45, 2.75) is 57.3 Å². The average Bonchev–Trinajstić information content (AvgIpc) is 2.80. The number of fused-ring (bicyclic) bond motifs is 1. The fourth-order valence-electron chi connectivity index (χ4n) is 3.61. The van der Waals surface area contributed by atoms with Crippen LogP contribution in [0.4, 0.5) is 0 Å². The highest BCUT2D eigenvalue weighted by molar-refractivity contribution is 4.90. The molecule has 0 amide bonds. The molecule has 1 saturated heterocycles. The third kappa shape index (κ3) is 4.42. The van der Waals surface area contributed by atoms with E-state index in [4.69, 9.17) is 9.47 Å². The topological polar surface area (TPSA) is 41.9 Å². The molecule has 0 radical (unpaired) electrons. The largest absolute Gasteiger partial charge is 0.389 e. The van der Waals surface area contributed by atoms with E-state index in [0.29, 0.717) is 13.2 Å². The highest BCUT2D eigenvalue weighted by Gasteiger charge is 2.36. The van der Waals surface area contributed by atoms with Crippen LogP contribution >= 0.6 is 0 Å². The van der Waals surface area contributed by atoms with Gasteiger partial charge in [-0.05, 0) is 38.6 Å². The molecule has 4 unspecified atom stereocenters. The second-order valence-corrected chi connectivity index (χ2v) is 6.15. The van der Waals surface area contributed by atoms with Crippen molar-refractivity contribution in [2.75, 3.05) is 33.4 Å². The third-order valence-corrected chi connectivity index (χ3v) is 4.54. The second-order valence-electron chi connectivity index (χ2n) is 6.15. The number of ether oxygens (including phenoxy) is 2. The first-order chi connectivity index (χ1) is 9.20. The van der Waals surface area contributed by atoms with Crippen LogP contribution in [0.1, 0.15) is 39.0 Å². The molecule has 4 heteroatoms. The summed E-state index contributed by atoms with van der Waals surface area (Å²) in [5, 5.41) is 10.1. The molecule has 1 heterocycles. The summed E-state index contributed by atoms with van der Waals surface area (Å²) in [5.74, 6) is 0.884. The Balaban J connectivity index is 1.68. The number of aliphatic hydroxyl groups is 1. The number of methoxy groups -OCH3 is 1. The van der Waals surface area contributed by atoms with Crippen molar-refractivity contribution in [3.05, 3.63) is 0 Å². The summed E-state index contributed by atoms with van der Waals surface area (Å²) in [7, 11) is 1.67. The molecule has 2 aliphatic rings. The summed E-state index contributed by atoms with van der Waals surface area (Å²) in [6.07, 6.45) is 6.46.